The lowest BCUT2D eigenvalue weighted by atomic mass is 9.94. The highest BCUT2D eigenvalue weighted by atomic mass is 16.6. The van der Waals surface area contributed by atoms with E-state index in [1.54, 1.807) is 6.07 Å². The molecule has 3 heteroatoms. The Labute approximate surface area is 131 Å². The molecule has 0 saturated carbocycles. The minimum Gasteiger partial charge on any atom is -0.386 e. The zero-order valence-electron chi connectivity index (χ0n) is 13.7. The van der Waals surface area contributed by atoms with Crippen molar-refractivity contribution < 1.29 is 14.3 Å². The number of ether oxygens (including phenoxy) is 1. The summed E-state index contributed by atoms with van der Waals surface area (Å²) in [5.41, 5.74) is 5.35. The first-order chi connectivity index (χ1) is 10.4. The lowest BCUT2D eigenvalue weighted by Gasteiger charge is -2.07. The molecule has 0 saturated heterocycles. The summed E-state index contributed by atoms with van der Waals surface area (Å²) in [7, 11) is 0. The normalized spacial score (nSPS) is 13.9. The smallest absolute Gasteiger partial charge is 0.347 e. The highest BCUT2D eigenvalue weighted by Crippen LogP contribution is 2.27. The van der Waals surface area contributed by atoms with Crippen molar-refractivity contribution in [3.8, 4) is 0 Å². The van der Waals surface area contributed by atoms with Crippen LogP contribution < -0.4 is 0 Å². The van der Waals surface area contributed by atoms with Crippen molar-refractivity contribution in [2.24, 2.45) is 0 Å². The van der Waals surface area contributed by atoms with E-state index in [9.17, 15) is 9.59 Å². The second-order valence-electron chi connectivity index (χ2n) is 6.04. The maximum Gasteiger partial charge on any atom is 0.347 e. The van der Waals surface area contributed by atoms with Crippen molar-refractivity contribution >= 4 is 11.9 Å². The number of hydrogen-bond donors (Lipinski definition) is 0. The first-order valence-corrected chi connectivity index (χ1v) is 7.58. The van der Waals surface area contributed by atoms with Crippen LogP contribution in [0.4, 0.5) is 0 Å². The van der Waals surface area contributed by atoms with Crippen LogP contribution in [0.25, 0.3) is 0 Å². The molecule has 0 N–H and O–H groups in total. The first-order valence-electron chi connectivity index (χ1n) is 7.58. The Kier molecular flexibility index (Phi) is 4.96. The second-order valence-corrected chi connectivity index (χ2v) is 6.04. The number of carbonyl (C=O) groups is 2. The van der Waals surface area contributed by atoms with E-state index >= 15 is 0 Å². The van der Waals surface area contributed by atoms with Crippen molar-refractivity contribution in [2.75, 3.05) is 0 Å². The lowest BCUT2D eigenvalue weighted by molar-refractivity contribution is 0.0443. The van der Waals surface area contributed by atoms with Gasteiger partial charge >= 0.3 is 11.9 Å². The van der Waals surface area contributed by atoms with E-state index in [4.69, 9.17) is 4.74 Å². The maximum absolute atomic E-state index is 11.9. The van der Waals surface area contributed by atoms with Gasteiger partial charge in [-0.25, -0.2) is 9.59 Å². The van der Waals surface area contributed by atoms with Crippen LogP contribution in [0, 0.1) is 6.92 Å². The number of hydrogen-bond acceptors (Lipinski definition) is 3. The van der Waals surface area contributed by atoms with Gasteiger partial charge in [-0.2, -0.15) is 0 Å². The summed E-state index contributed by atoms with van der Waals surface area (Å²) in [6.45, 7) is 8.25. The summed E-state index contributed by atoms with van der Waals surface area (Å²) in [6.07, 6.45) is 7.04. The van der Waals surface area contributed by atoms with Crippen LogP contribution in [-0.2, 0) is 11.2 Å². The molecule has 1 aromatic rings. The van der Waals surface area contributed by atoms with Gasteiger partial charge < -0.3 is 4.74 Å². The van der Waals surface area contributed by atoms with Crippen LogP contribution in [0.5, 0.6) is 0 Å². The average molecular weight is 298 g/mol. The molecule has 0 aromatic heterocycles. The highest BCUT2D eigenvalue weighted by Gasteiger charge is 2.32. The number of rotatable bonds is 5. The summed E-state index contributed by atoms with van der Waals surface area (Å²) < 4.78 is 4.72. The summed E-state index contributed by atoms with van der Waals surface area (Å²) in [5.74, 6) is -1.06. The molecule has 116 valence electrons. The molecule has 0 bridgehead atoms. The van der Waals surface area contributed by atoms with Gasteiger partial charge in [-0.15, -0.1) is 0 Å². The minimum atomic E-state index is -0.537. The molecule has 22 heavy (non-hydrogen) atoms. The Balaban J connectivity index is 2.19. The number of benzene rings is 1. The van der Waals surface area contributed by atoms with Gasteiger partial charge in [0, 0.05) is 0 Å². The fraction of sp³-hybridized carbons (Fsp3) is 0.368. The minimum absolute atomic E-state index is 0.390. The Morgan fingerprint density at radius 3 is 2.50 bits per heavy atom. The molecule has 0 fully saturated rings. The molecule has 1 aliphatic rings. The summed E-state index contributed by atoms with van der Waals surface area (Å²) >= 11 is 0. The fourth-order valence-electron chi connectivity index (χ4n) is 2.58. The van der Waals surface area contributed by atoms with Crippen molar-refractivity contribution in [3.05, 3.63) is 57.7 Å². The molecular weight excluding hydrogens is 276 g/mol. The standard InChI is InChI=1S/C19H22O3/c1-12(2)6-5-7-13(3)8-10-15-14(4)9-11-16-17(15)19(21)22-18(16)20/h6,8-9,11H,5,7,10H2,1-4H3/b13-8+. The highest BCUT2D eigenvalue weighted by molar-refractivity contribution is 6.15. The molecule has 0 atom stereocenters. The van der Waals surface area contributed by atoms with Gasteiger partial charge in [0.1, 0.15) is 0 Å². The van der Waals surface area contributed by atoms with E-state index < -0.39 is 11.9 Å². The van der Waals surface area contributed by atoms with Crippen molar-refractivity contribution in [1.82, 2.24) is 0 Å². The van der Waals surface area contributed by atoms with E-state index in [1.165, 1.54) is 11.1 Å². The maximum atomic E-state index is 11.9. The molecule has 0 radical (unpaired) electrons. The van der Waals surface area contributed by atoms with Crippen molar-refractivity contribution in [3.63, 3.8) is 0 Å². The van der Waals surface area contributed by atoms with E-state index in [0.29, 0.717) is 17.5 Å². The van der Waals surface area contributed by atoms with Gasteiger partial charge in [-0.3, -0.25) is 0 Å². The summed E-state index contributed by atoms with van der Waals surface area (Å²) in [4.78, 5) is 23.5. The van der Waals surface area contributed by atoms with Gasteiger partial charge in [0.15, 0.2) is 0 Å². The van der Waals surface area contributed by atoms with Gasteiger partial charge in [-0.05, 0) is 64.2 Å². The van der Waals surface area contributed by atoms with Gasteiger partial charge in [0.05, 0.1) is 11.1 Å². The van der Waals surface area contributed by atoms with Crippen LogP contribution in [0.2, 0.25) is 0 Å². The number of esters is 2. The monoisotopic (exact) mass is 298 g/mol. The van der Waals surface area contributed by atoms with Crippen molar-refractivity contribution in [1.29, 1.82) is 0 Å². The lowest BCUT2D eigenvalue weighted by Crippen LogP contribution is -2.02. The van der Waals surface area contributed by atoms with E-state index in [2.05, 4.69) is 32.9 Å². The first kappa shape index (κ1) is 16.2. The third-order valence-electron chi connectivity index (χ3n) is 3.90. The third kappa shape index (κ3) is 3.53. The van der Waals surface area contributed by atoms with Crippen LogP contribution in [0.3, 0.4) is 0 Å². The summed E-state index contributed by atoms with van der Waals surface area (Å²) in [6, 6.07) is 3.55. The van der Waals surface area contributed by atoms with Gasteiger partial charge in [-0.1, -0.05) is 29.4 Å². The van der Waals surface area contributed by atoms with Crippen LogP contribution in [-0.4, -0.2) is 11.9 Å². The van der Waals surface area contributed by atoms with E-state index in [-0.39, 0.29) is 0 Å². The van der Waals surface area contributed by atoms with Crippen LogP contribution in [0.1, 0.15) is 65.5 Å². The molecule has 1 aliphatic heterocycles. The van der Waals surface area contributed by atoms with E-state index in [0.717, 1.165) is 24.0 Å². The van der Waals surface area contributed by atoms with E-state index in [1.807, 2.05) is 13.0 Å². The fourth-order valence-corrected chi connectivity index (χ4v) is 2.58. The molecule has 0 spiro atoms. The molecule has 1 aromatic carbocycles. The number of carbonyl (C=O) groups excluding carboxylic acids is 2. The summed E-state index contributed by atoms with van der Waals surface area (Å²) in [5, 5.41) is 0. The Morgan fingerprint density at radius 2 is 1.82 bits per heavy atom. The topological polar surface area (TPSA) is 43.4 Å². The zero-order chi connectivity index (χ0) is 16.3. The average Bonchev–Trinajstić information content (AvgIpc) is 2.72. The molecule has 1 heterocycles. The Bertz CT molecular complexity index is 674. The number of allylic oxidation sites excluding steroid dienone is 4. The molecule has 0 aliphatic carbocycles. The largest absolute Gasteiger partial charge is 0.386 e. The molecule has 2 rings (SSSR count). The number of fused-ring (bicyclic) bond motifs is 1. The molecular formula is C19H22O3. The number of cyclic esters (lactones) is 2. The quantitative estimate of drug-likeness (QED) is 0.455. The van der Waals surface area contributed by atoms with Gasteiger partial charge in [0.2, 0.25) is 0 Å². The second kappa shape index (κ2) is 6.73. The SMILES string of the molecule is CC(C)=CCC/C(C)=C/Cc1c(C)ccc2c1C(=O)OC2=O. The van der Waals surface area contributed by atoms with Crippen molar-refractivity contribution in [2.45, 2.75) is 47.0 Å². The molecule has 3 nitrogen and oxygen atoms in total. The molecule has 0 unspecified atom stereocenters. The van der Waals surface area contributed by atoms with Gasteiger partial charge in [0.25, 0.3) is 0 Å². The third-order valence-corrected chi connectivity index (χ3v) is 3.90. The predicted octanol–water partition coefficient (Wildman–Crippen LogP) is 4.54. The van der Waals surface area contributed by atoms with Crippen LogP contribution >= 0.6 is 0 Å². The Morgan fingerprint density at radius 1 is 1.09 bits per heavy atom. The Hall–Kier alpha value is -2.16. The zero-order valence-corrected chi connectivity index (χ0v) is 13.7. The predicted molar refractivity (Wildman–Crippen MR) is 87.1 cm³/mol. The van der Waals surface area contributed by atoms with Crippen LogP contribution in [0.15, 0.2) is 35.4 Å². The molecule has 0 amide bonds. The number of aryl methyl sites for hydroxylation is 1.